The van der Waals surface area contributed by atoms with Crippen molar-refractivity contribution in [2.45, 2.75) is 44.6 Å². The quantitative estimate of drug-likeness (QED) is 0.710. The van der Waals surface area contributed by atoms with Gasteiger partial charge in [-0.1, -0.05) is 31.4 Å². The fraction of sp³-hybridized carbons (Fsp3) is 0.619. The third-order valence-corrected chi connectivity index (χ3v) is 8.13. The normalized spacial score (nSPS) is 19.5. The molecule has 1 heterocycles. The molecule has 1 N–H and O–H groups in total. The van der Waals surface area contributed by atoms with Crippen LogP contribution in [0.4, 0.5) is 5.69 Å². The maximum atomic E-state index is 13.0. The zero-order valence-corrected chi connectivity index (χ0v) is 18.4. The lowest BCUT2D eigenvalue weighted by atomic mass is 9.96. The molecule has 1 saturated heterocycles. The molecule has 2 fully saturated rings. The summed E-state index contributed by atoms with van der Waals surface area (Å²) in [5.74, 6) is -0.148. The number of hydrogen-bond donors (Lipinski definition) is 1. The Labute approximate surface area is 179 Å². The molecule has 1 amide bonds. The van der Waals surface area contributed by atoms with Crippen LogP contribution < -0.4 is 5.32 Å². The van der Waals surface area contributed by atoms with E-state index in [1.54, 1.807) is 39.9 Å². The number of piperazine rings is 1. The van der Waals surface area contributed by atoms with Crippen LogP contribution in [-0.2, 0) is 15.0 Å². The van der Waals surface area contributed by atoms with Gasteiger partial charge in [-0.15, -0.1) is 0 Å². The van der Waals surface area contributed by atoms with Crippen LogP contribution in [0.5, 0.6) is 0 Å². The molecule has 3 rings (SSSR count). The highest BCUT2D eigenvalue weighted by Gasteiger charge is 2.34. The van der Waals surface area contributed by atoms with E-state index in [0.717, 1.165) is 25.7 Å². The Morgan fingerprint density at radius 2 is 1.83 bits per heavy atom. The standard InChI is InChI=1S/C21H31N5O3S/c1-24(19-8-3-2-4-9-19)30(28,29)26-15-13-25(14-16-26)12-11-21(27)23-20-10-6-5-7-18(20)17-22/h5-7,10,19H,2-4,8-9,11-16H2,1H3,(H,23,27). The van der Waals surface area contributed by atoms with Gasteiger partial charge in [0.25, 0.3) is 10.2 Å². The molecule has 30 heavy (non-hydrogen) atoms. The fourth-order valence-electron chi connectivity index (χ4n) is 4.16. The summed E-state index contributed by atoms with van der Waals surface area (Å²) in [6.45, 7) is 2.67. The van der Waals surface area contributed by atoms with Crippen molar-refractivity contribution in [1.82, 2.24) is 13.5 Å². The smallest absolute Gasteiger partial charge is 0.282 e. The monoisotopic (exact) mass is 433 g/mol. The second-order valence-electron chi connectivity index (χ2n) is 8.01. The number of nitrogens with zero attached hydrogens (tertiary/aromatic N) is 4. The first-order valence-corrected chi connectivity index (χ1v) is 12.1. The number of hydrogen-bond acceptors (Lipinski definition) is 5. The summed E-state index contributed by atoms with van der Waals surface area (Å²) in [5.41, 5.74) is 0.957. The van der Waals surface area contributed by atoms with Gasteiger partial charge in [0.15, 0.2) is 0 Å². The van der Waals surface area contributed by atoms with E-state index in [1.165, 1.54) is 6.42 Å². The lowest BCUT2D eigenvalue weighted by Crippen LogP contribution is -2.54. The van der Waals surface area contributed by atoms with Gasteiger partial charge in [-0.25, -0.2) is 0 Å². The molecule has 1 saturated carbocycles. The fourth-order valence-corrected chi connectivity index (χ4v) is 5.74. The van der Waals surface area contributed by atoms with Crippen LogP contribution in [-0.4, -0.2) is 73.6 Å². The highest BCUT2D eigenvalue weighted by molar-refractivity contribution is 7.86. The molecule has 9 heteroatoms. The van der Waals surface area contributed by atoms with Crippen LogP contribution in [0.1, 0.15) is 44.1 Å². The number of carbonyl (C=O) groups excluding carboxylic acids is 1. The van der Waals surface area contributed by atoms with Crippen LogP contribution in [0.25, 0.3) is 0 Å². The largest absolute Gasteiger partial charge is 0.325 e. The van der Waals surface area contributed by atoms with E-state index in [0.29, 0.717) is 50.4 Å². The highest BCUT2D eigenvalue weighted by Crippen LogP contribution is 2.25. The van der Waals surface area contributed by atoms with Gasteiger partial charge < -0.3 is 10.2 Å². The molecule has 1 aliphatic carbocycles. The van der Waals surface area contributed by atoms with Crippen molar-refractivity contribution < 1.29 is 13.2 Å². The summed E-state index contributed by atoms with van der Waals surface area (Å²) in [7, 11) is -1.73. The number of benzene rings is 1. The first-order chi connectivity index (χ1) is 14.4. The Morgan fingerprint density at radius 1 is 1.17 bits per heavy atom. The minimum atomic E-state index is -3.43. The number of anilines is 1. The number of nitriles is 1. The van der Waals surface area contributed by atoms with Crippen LogP contribution in [0.3, 0.4) is 0 Å². The van der Waals surface area contributed by atoms with Crippen molar-refractivity contribution in [2.75, 3.05) is 45.1 Å². The molecular formula is C21H31N5O3S. The van der Waals surface area contributed by atoms with Crippen molar-refractivity contribution in [3.05, 3.63) is 29.8 Å². The molecule has 8 nitrogen and oxygen atoms in total. The minimum absolute atomic E-state index is 0.113. The Hall–Kier alpha value is -1.99. The van der Waals surface area contributed by atoms with Crippen molar-refractivity contribution >= 4 is 21.8 Å². The molecule has 2 aliphatic rings. The zero-order chi connectivity index (χ0) is 21.6. The summed E-state index contributed by atoms with van der Waals surface area (Å²) in [6.07, 6.45) is 5.57. The Balaban J connectivity index is 1.45. The van der Waals surface area contributed by atoms with E-state index in [9.17, 15) is 13.2 Å². The Morgan fingerprint density at radius 3 is 2.50 bits per heavy atom. The average molecular weight is 434 g/mol. The van der Waals surface area contributed by atoms with Gasteiger partial charge in [0.1, 0.15) is 6.07 Å². The number of amides is 1. The van der Waals surface area contributed by atoms with Crippen molar-refractivity contribution in [3.8, 4) is 6.07 Å². The van der Waals surface area contributed by atoms with Gasteiger partial charge in [-0.2, -0.15) is 22.3 Å². The third-order valence-electron chi connectivity index (χ3n) is 6.09. The summed E-state index contributed by atoms with van der Waals surface area (Å²) in [4.78, 5) is 14.4. The van der Waals surface area contributed by atoms with Crippen LogP contribution >= 0.6 is 0 Å². The van der Waals surface area contributed by atoms with E-state index < -0.39 is 10.2 Å². The molecule has 0 bridgehead atoms. The highest BCUT2D eigenvalue weighted by atomic mass is 32.2. The Bertz CT molecular complexity index is 869. The molecule has 0 atom stereocenters. The maximum absolute atomic E-state index is 13.0. The van der Waals surface area contributed by atoms with E-state index in [2.05, 4.69) is 16.3 Å². The summed E-state index contributed by atoms with van der Waals surface area (Å²) in [6, 6.07) is 9.09. The van der Waals surface area contributed by atoms with Crippen LogP contribution in [0.2, 0.25) is 0 Å². The lowest BCUT2D eigenvalue weighted by Gasteiger charge is -2.38. The molecule has 0 radical (unpaired) electrons. The SMILES string of the molecule is CN(C1CCCCC1)S(=O)(=O)N1CCN(CCC(=O)Nc2ccccc2C#N)CC1. The van der Waals surface area contributed by atoms with Crippen molar-refractivity contribution in [1.29, 1.82) is 5.26 Å². The number of para-hydroxylation sites is 1. The molecular weight excluding hydrogens is 402 g/mol. The molecule has 0 unspecified atom stereocenters. The summed E-state index contributed by atoms with van der Waals surface area (Å²) < 4.78 is 29.1. The topological polar surface area (TPSA) is 96.8 Å². The maximum Gasteiger partial charge on any atom is 0.282 e. The first-order valence-electron chi connectivity index (χ1n) is 10.7. The summed E-state index contributed by atoms with van der Waals surface area (Å²) in [5, 5.41) is 11.9. The molecule has 0 aromatic heterocycles. The minimum Gasteiger partial charge on any atom is -0.325 e. The second-order valence-corrected chi connectivity index (χ2v) is 10.0. The lowest BCUT2D eigenvalue weighted by molar-refractivity contribution is -0.116. The Kier molecular flexibility index (Phi) is 7.83. The van der Waals surface area contributed by atoms with Gasteiger partial charge >= 0.3 is 0 Å². The van der Waals surface area contributed by atoms with Gasteiger partial charge in [-0.05, 0) is 25.0 Å². The number of rotatable bonds is 7. The second kappa shape index (κ2) is 10.4. The van der Waals surface area contributed by atoms with E-state index in [1.807, 2.05) is 0 Å². The van der Waals surface area contributed by atoms with Crippen molar-refractivity contribution in [2.24, 2.45) is 0 Å². The number of carbonyl (C=O) groups is 1. The van der Waals surface area contributed by atoms with Crippen LogP contribution in [0, 0.1) is 11.3 Å². The molecule has 164 valence electrons. The van der Waals surface area contributed by atoms with E-state index in [-0.39, 0.29) is 11.9 Å². The predicted molar refractivity (Wildman–Crippen MR) is 116 cm³/mol. The van der Waals surface area contributed by atoms with Gasteiger partial charge in [0, 0.05) is 52.2 Å². The molecule has 0 spiro atoms. The molecule has 1 aromatic rings. The van der Waals surface area contributed by atoms with Crippen LogP contribution in [0.15, 0.2) is 24.3 Å². The van der Waals surface area contributed by atoms with E-state index >= 15 is 0 Å². The first kappa shape index (κ1) is 22.7. The molecule has 1 aromatic carbocycles. The van der Waals surface area contributed by atoms with E-state index in [4.69, 9.17) is 5.26 Å². The summed E-state index contributed by atoms with van der Waals surface area (Å²) >= 11 is 0. The van der Waals surface area contributed by atoms with Gasteiger partial charge in [0.05, 0.1) is 11.3 Å². The van der Waals surface area contributed by atoms with Crippen molar-refractivity contribution in [3.63, 3.8) is 0 Å². The third kappa shape index (κ3) is 5.58. The average Bonchev–Trinajstić information content (AvgIpc) is 2.78. The molecule has 1 aliphatic heterocycles. The zero-order valence-electron chi connectivity index (χ0n) is 17.6. The number of nitrogens with one attached hydrogen (secondary N) is 1. The van der Waals surface area contributed by atoms with Gasteiger partial charge in [-0.3, -0.25) is 4.79 Å². The van der Waals surface area contributed by atoms with Gasteiger partial charge in [0.2, 0.25) is 5.91 Å². The predicted octanol–water partition coefficient (Wildman–Crippen LogP) is 2.01.